The molecule has 0 unspecified atom stereocenters. The van der Waals surface area contributed by atoms with E-state index in [9.17, 15) is 4.79 Å². The number of anilines is 1. The second kappa shape index (κ2) is 5.26. The van der Waals surface area contributed by atoms with E-state index in [-0.39, 0.29) is 11.0 Å². The number of fused-ring (bicyclic) bond motifs is 1. The number of para-hydroxylation sites is 2. The van der Waals surface area contributed by atoms with Gasteiger partial charge in [0.05, 0.1) is 16.4 Å². The smallest absolute Gasteiger partial charge is 0.235 e. The molecule has 6 nitrogen and oxygen atoms in total. The van der Waals surface area contributed by atoms with E-state index >= 15 is 0 Å². The molecule has 1 aliphatic carbocycles. The fourth-order valence-electron chi connectivity index (χ4n) is 2.05. The number of thiocarbonyl (C=S) groups is 1. The van der Waals surface area contributed by atoms with Crippen molar-refractivity contribution < 1.29 is 4.79 Å². The average molecular weight is 358 g/mol. The molecule has 1 atom stereocenters. The van der Waals surface area contributed by atoms with E-state index in [0.717, 1.165) is 11.0 Å². The maximum Gasteiger partial charge on any atom is 0.235 e. The number of hydrazine groups is 1. The normalized spacial score (nSPS) is 22.1. The van der Waals surface area contributed by atoms with E-state index in [1.54, 1.807) is 6.92 Å². The van der Waals surface area contributed by atoms with Crippen LogP contribution in [0, 0.1) is 5.41 Å². The molecule has 116 valence electrons. The van der Waals surface area contributed by atoms with Crippen molar-refractivity contribution in [3.63, 3.8) is 0 Å². The molecule has 1 heterocycles. The number of alkyl halides is 2. The number of hydrogen-bond acceptors (Lipinski definition) is 4. The van der Waals surface area contributed by atoms with E-state index in [2.05, 4.69) is 26.1 Å². The molecule has 1 aromatic heterocycles. The summed E-state index contributed by atoms with van der Waals surface area (Å²) in [6.45, 7) is 1.69. The van der Waals surface area contributed by atoms with Gasteiger partial charge in [0.2, 0.25) is 11.9 Å². The summed E-state index contributed by atoms with van der Waals surface area (Å²) in [6.07, 6.45) is 0.397. The standard InChI is InChI=1S/C13H13Cl2N5OS/c1-12(6-13(12,14)15)9(21)18-11(22)20-19-10-16-7-4-2-3-5-8(7)17-10/h2-5H,6H2,1H3,(H2,16,17,19)(H2,18,20,21,22)/t12-/m0/s1. The Morgan fingerprint density at radius 1 is 1.41 bits per heavy atom. The number of aromatic amines is 1. The number of benzene rings is 1. The van der Waals surface area contributed by atoms with Gasteiger partial charge in [0.25, 0.3) is 0 Å². The molecule has 1 saturated carbocycles. The Balaban J connectivity index is 1.55. The number of nitrogens with zero attached hydrogens (tertiary/aromatic N) is 1. The number of hydrogen-bond donors (Lipinski definition) is 4. The van der Waals surface area contributed by atoms with Gasteiger partial charge in [-0.2, -0.15) is 0 Å². The average Bonchev–Trinajstić information content (AvgIpc) is 2.84. The largest absolute Gasteiger partial charge is 0.323 e. The fraction of sp³-hybridized carbons (Fsp3) is 0.308. The molecule has 0 spiro atoms. The molecular formula is C13H13Cl2N5OS. The Labute approximate surface area is 141 Å². The Bertz CT molecular complexity index is 729. The molecule has 1 fully saturated rings. The van der Waals surface area contributed by atoms with Crippen LogP contribution < -0.4 is 16.2 Å². The summed E-state index contributed by atoms with van der Waals surface area (Å²) >= 11 is 17.0. The monoisotopic (exact) mass is 357 g/mol. The van der Waals surface area contributed by atoms with Crippen molar-refractivity contribution in [3.05, 3.63) is 24.3 Å². The van der Waals surface area contributed by atoms with Crippen molar-refractivity contribution in [2.24, 2.45) is 5.41 Å². The number of imidazole rings is 1. The van der Waals surface area contributed by atoms with E-state index in [1.807, 2.05) is 24.3 Å². The van der Waals surface area contributed by atoms with Gasteiger partial charge in [-0.05, 0) is 37.7 Å². The van der Waals surface area contributed by atoms with Crippen LogP contribution in [-0.2, 0) is 4.79 Å². The lowest BCUT2D eigenvalue weighted by Crippen LogP contribution is -2.45. The molecule has 2 aromatic rings. The molecule has 0 bridgehead atoms. The van der Waals surface area contributed by atoms with Crippen LogP contribution in [0.25, 0.3) is 11.0 Å². The van der Waals surface area contributed by atoms with Crippen LogP contribution in [0.3, 0.4) is 0 Å². The molecular weight excluding hydrogens is 345 g/mol. The van der Waals surface area contributed by atoms with Crippen LogP contribution >= 0.6 is 35.4 Å². The van der Waals surface area contributed by atoms with Gasteiger partial charge in [0.1, 0.15) is 4.33 Å². The Morgan fingerprint density at radius 2 is 2.09 bits per heavy atom. The first-order chi connectivity index (χ1) is 10.3. The molecule has 0 radical (unpaired) electrons. The van der Waals surface area contributed by atoms with Crippen LogP contribution in [0.1, 0.15) is 13.3 Å². The zero-order valence-corrected chi connectivity index (χ0v) is 13.9. The van der Waals surface area contributed by atoms with Gasteiger partial charge in [-0.15, -0.1) is 23.2 Å². The van der Waals surface area contributed by atoms with Gasteiger partial charge in [-0.1, -0.05) is 12.1 Å². The van der Waals surface area contributed by atoms with E-state index in [1.165, 1.54) is 0 Å². The quantitative estimate of drug-likeness (QED) is 0.385. The lowest BCUT2D eigenvalue weighted by molar-refractivity contribution is -0.124. The molecule has 9 heteroatoms. The summed E-state index contributed by atoms with van der Waals surface area (Å²) in [5.41, 5.74) is 6.37. The highest BCUT2D eigenvalue weighted by Crippen LogP contribution is 2.63. The maximum absolute atomic E-state index is 12.0. The number of H-pyrrole nitrogens is 1. The number of carbonyl (C=O) groups is 1. The molecule has 3 rings (SSSR count). The highest BCUT2D eigenvalue weighted by Gasteiger charge is 2.68. The molecule has 22 heavy (non-hydrogen) atoms. The van der Waals surface area contributed by atoms with Gasteiger partial charge in [0.15, 0.2) is 5.11 Å². The summed E-state index contributed by atoms with van der Waals surface area (Å²) in [5.74, 6) is 0.167. The van der Waals surface area contributed by atoms with Crippen molar-refractivity contribution in [1.29, 1.82) is 0 Å². The van der Waals surface area contributed by atoms with Crippen LogP contribution in [0.5, 0.6) is 0 Å². The second-order valence-electron chi connectivity index (χ2n) is 5.35. The third-order valence-electron chi connectivity index (χ3n) is 3.67. The van der Waals surface area contributed by atoms with Crippen molar-refractivity contribution in [1.82, 2.24) is 20.7 Å². The lowest BCUT2D eigenvalue weighted by Gasteiger charge is -2.14. The predicted octanol–water partition coefficient (Wildman–Crippen LogP) is 2.46. The van der Waals surface area contributed by atoms with Gasteiger partial charge < -0.3 is 10.3 Å². The highest BCUT2D eigenvalue weighted by molar-refractivity contribution is 7.80. The van der Waals surface area contributed by atoms with Crippen LogP contribution in [-0.4, -0.2) is 25.3 Å². The number of carbonyl (C=O) groups excluding carboxylic acids is 1. The zero-order chi connectivity index (χ0) is 16.0. The molecule has 0 saturated heterocycles. The summed E-state index contributed by atoms with van der Waals surface area (Å²) in [5, 5.41) is 2.66. The summed E-state index contributed by atoms with van der Waals surface area (Å²) in [7, 11) is 0. The Kier molecular flexibility index (Phi) is 3.66. The van der Waals surface area contributed by atoms with Crippen LogP contribution in [0.15, 0.2) is 24.3 Å². The number of rotatable bonds is 3. The maximum atomic E-state index is 12.0. The second-order valence-corrected chi connectivity index (χ2v) is 7.24. The van der Waals surface area contributed by atoms with Crippen LogP contribution in [0.4, 0.5) is 5.95 Å². The molecule has 0 aliphatic heterocycles. The molecule has 1 aliphatic rings. The van der Waals surface area contributed by atoms with Gasteiger partial charge in [0, 0.05) is 0 Å². The first kappa shape index (κ1) is 15.3. The van der Waals surface area contributed by atoms with Gasteiger partial charge in [-0.25, -0.2) is 4.98 Å². The summed E-state index contributed by atoms with van der Waals surface area (Å²) in [6, 6.07) is 7.59. The number of nitrogens with one attached hydrogen (secondary N) is 4. The number of amides is 1. The summed E-state index contributed by atoms with van der Waals surface area (Å²) < 4.78 is -1.03. The minimum Gasteiger partial charge on any atom is -0.323 e. The minimum absolute atomic E-state index is 0.114. The third-order valence-corrected chi connectivity index (χ3v) is 4.98. The van der Waals surface area contributed by atoms with Crippen molar-refractivity contribution in [2.45, 2.75) is 17.7 Å². The van der Waals surface area contributed by atoms with E-state index in [4.69, 9.17) is 35.4 Å². The third kappa shape index (κ3) is 2.71. The topological polar surface area (TPSA) is 81.8 Å². The van der Waals surface area contributed by atoms with Crippen LogP contribution in [0.2, 0.25) is 0 Å². The Hall–Kier alpha value is -1.57. The fourth-order valence-corrected chi connectivity index (χ4v) is 2.90. The zero-order valence-electron chi connectivity index (χ0n) is 11.5. The summed E-state index contributed by atoms with van der Waals surface area (Å²) in [4.78, 5) is 19.4. The number of halogens is 2. The highest BCUT2D eigenvalue weighted by atomic mass is 35.5. The van der Waals surface area contributed by atoms with E-state index in [0.29, 0.717) is 12.4 Å². The number of aromatic nitrogens is 2. The van der Waals surface area contributed by atoms with Gasteiger partial charge >= 0.3 is 0 Å². The SMILES string of the molecule is C[C@@]1(C(=O)NC(=S)NNc2nc3ccccc3[nH]2)CC1(Cl)Cl. The first-order valence-corrected chi connectivity index (χ1v) is 7.68. The predicted molar refractivity (Wildman–Crippen MR) is 90.8 cm³/mol. The van der Waals surface area contributed by atoms with E-state index < -0.39 is 9.75 Å². The lowest BCUT2D eigenvalue weighted by atomic mass is 10.1. The first-order valence-electron chi connectivity index (χ1n) is 6.52. The Morgan fingerprint density at radius 3 is 2.73 bits per heavy atom. The molecule has 1 aromatic carbocycles. The van der Waals surface area contributed by atoms with Crippen molar-refractivity contribution in [2.75, 3.05) is 5.43 Å². The van der Waals surface area contributed by atoms with Crippen molar-refractivity contribution in [3.8, 4) is 0 Å². The van der Waals surface area contributed by atoms with Gasteiger partial charge in [-0.3, -0.25) is 15.6 Å². The van der Waals surface area contributed by atoms with Crippen molar-refractivity contribution >= 4 is 63.4 Å². The minimum atomic E-state index is -1.03. The molecule has 1 amide bonds. The molecule has 4 N–H and O–H groups in total.